The summed E-state index contributed by atoms with van der Waals surface area (Å²) in [5, 5.41) is 4.97. The van der Waals surface area contributed by atoms with Crippen molar-refractivity contribution < 1.29 is 4.74 Å². The molecule has 0 aliphatic heterocycles. The molecule has 0 amide bonds. The number of fused-ring (bicyclic) bond motifs is 2. The first-order valence-electron chi connectivity index (χ1n) is 9.45. The highest BCUT2D eigenvalue weighted by atomic mass is 16.5. The second-order valence-corrected chi connectivity index (χ2v) is 6.89. The number of hydrogen-bond acceptors (Lipinski definition) is 6. The van der Waals surface area contributed by atoms with Crippen LogP contribution >= 0.6 is 0 Å². The number of nitrogens with zero attached hydrogens (tertiary/aromatic N) is 6. The number of aromatic nitrogens is 6. The number of benzene rings is 1. The van der Waals surface area contributed by atoms with Crippen LogP contribution in [-0.2, 0) is 6.54 Å². The maximum Gasteiger partial charge on any atom is 0.262 e. The van der Waals surface area contributed by atoms with Crippen molar-refractivity contribution in [3.8, 4) is 17.0 Å². The maximum absolute atomic E-state index is 13.5. The predicted molar refractivity (Wildman–Crippen MR) is 113 cm³/mol. The molecule has 5 rings (SSSR count). The monoisotopic (exact) mass is 398 g/mol. The Balaban J connectivity index is 1.80. The summed E-state index contributed by atoms with van der Waals surface area (Å²) in [5.74, 6) is 1.77. The molecule has 1 aromatic carbocycles. The molecule has 0 aliphatic rings. The van der Waals surface area contributed by atoms with Crippen molar-refractivity contribution >= 4 is 16.7 Å². The van der Waals surface area contributed by atoms with Crippen molar-refractivity contribution in [3.63, 3.8) is 0 Å². The number of rotatable bonds is 4. The Morgan fingerprint density at radius 1 is 1.03 bits per heavy atom. The number of hydrogen-bond donors (Lipinski definition) is 0. The molecule has 0 radical (unpaired) electrons. The molecule has 0 bridgehead atoms. The fraction of sp³-hybridized carbons (Fsp3) is 0.136. The van der Waals surface area contributed by atoms with Gasteiger partial charge < -0.3 is 9.30 Å². The molecule has 0 saturated heterocycles. The smallest absolute Gasteiger partial charge is 0.262 e. The Morgan fingerprint density at radius 3 is 2.60 bits per heavy atom. The first kappa shape index (κ1) is 18.0. The largest absolute Gasteiger partial charge is 0.497 e. The van der Waals surface area contributed by atoms with Gasteiger partial charge in [-0.3, -0.25) is 9.78 Å². The average Bonchev–Trinajstić information content (AvgIpc) is 3.15. The Bertz CT molecular complexity index is 1420. The molecular weight excluding hydrogens is 380 g/mol. The van der Waals surface area contributed by atoms with Crippen LogP contribution in [0.3, 0.4) is 0 Å². The molecule has 0 fully saturated rings. The standard InChI is InChI=1S/C22H18N6O2/c1-14-24-22-25-18-10-12-27(13-16-5-3-4-11-23-16)21(29)19(18)20(28(22)26-14)15-6-8-17(30-2)9-7-15/h3-12H,13H2,1-2H3. The van der Waals surface area contributed by atoms with Crippen LogP contribution in [0.5, 0.6) is 5.75 Å². The molecule has 0 saturated carbocycles. The van der Waals surface area contributed by atoms with E-state index in [0.29, 0.717) is 34.7 Å². The minimum atomic E-state index is -0.161. The molecule has 0 N–H and O–H groups in total. The van der Waals surface area contributed by atoms with Crippen LogP contribution in [0.2, 0.25) is 0 Å². The van der Waals surface area contributed by atoms with Gasteiger partial charge in [-0.2, -0.15) is 9.50 Å². The summed E-state index contributed by atoms with van der Waals surface area (Å²) in [4.78, 5) is 26.8. The maximum atomic E-state index is 13.5. The van der Waals surface area contributed by atoms with Crippen molar-refractivity contribution in [2.24, 2.45) is 0 Å². The Morgan fingerprint density at radius 2 is 1.87 bits per heavy atom. The minimum Gasteiger partial charge on any atom is -0.497 e. The summed E-state index contributed by atoms with van der Waals surface area (Å²) in [5.41, 5.74) is 2.69. The van der Waals surface area contributed by atoms with Crippen LogP contribution in [0.15, 0.2) is 65.7 Å². The summed E-state index contributed by atoms with van der Waals surface area (Å²) in [6.45, 7) is 2.17. The van der Waals surface area contributed by atoms with Crippen molar-refractivity contribution in [1.82, 2.24) is 29.1 Å². The van der Waals surface area contributed by atoms with E-state index in [1.165, 1.54) is 0 Å². The fourth-order valence-electron chi connectivity index (χ4n) is 3.53. The third-order valence-corrected chi connectivity index (χ3v) is 4.93. The lowest BCUT2D eigenvalue weighted by Gasteiger charge is -2.12. The van der Waals surface area contributed by atoms with Crippen LogP contribution < -0.4 is 10.3 Å². The third kappa shape index (κ3) is 2.98. The average molecular weight is 398 g/mol. The van der Waals surface area contributed by atoms with E-state index < -0.39 is 0 Å². The molecule has 5 aromatic rings. The summed E-state index contributed by atoms with van der Waals surface area (Å²) >= 11 is 0. The lowest BCUT2D eigenvalue weighted by molar-refractivity contribution is 0.415. The number of ether oxygens (including phenoxy) is 1. The molecule has 0 unspecified atom stereocenters. The number of methoxy groups -OCH3 is 1. The van der Waals surface area contributed by atoms with Gasteiger partial charge in [0.15, 0.2) is 0 Å². The normalized spacial score (nSPS) is 11.3. The molecule has 30 heavy (non-hydrogen) atoms. The SMILES string of the molecule is COc1ccc(-c2c3c(=O)n(Cc4ccccn4)ccc3nc3nc(C)nn23)cc1. The summed E-state index contributed by atoms with van der Waals surface area (Å²) in [7, 11) is 1.62. The van der Waals surface area contributed by atoms with Gasteiger partial charge in [-0.1, -0.05) is 6.07 Å². The molecule has 4 heterocycles. The van der Waals surface area contributed by atoms with Crippen LogP contribution in [0, 0.1) is 6.92 Å². The second-order valence-electron chi connectivity index (χ2n) is 6.89. The van der Waals surface area contributed by atoms with Crippen molar-refractivity contribution in [2.75, 3.05) is 7.11 Å². The minimum absolute atomic E-state index is 0.161. The van der Waals surface area contributed by atoms with E-state index >= 15 is 0 Å². The third-order valence-electron chi connectivity index (χ3n) is 4.93. The van der Waals surface area contributed by atoms with Crippen molar-refractivity contribution in [3.05, 3.63) is 82.8 Å². The van der Waals surface area contributed by atoms with Crippen LogP contribution in [0.4, 0.5) is 0 Å². The zero-order valence-electron chi connectivity index (χ0n) is 16.5. The molecule has 8 heteroatoms. The van der Waals surface area contributed by atoms with E-state index in [1.807, 2.05) is 48.5 Å². The Kier molecular flexibility index (Phi) is 4.24. The lowest BCUT2D eigenvalue weighted by atomic mass is 10.1. The fourth-order valence-corrected chi connectivity index (χ4v) is 3.53. The summed E-state index contributed by atoms with van der Waals surface area (Å²) in [6, 6.07) is 15.0. The highest BCUT2D eigenvalue weighted by Crippen LogP contribution is 2.27. The van der Waals surface area contributed by atoms with E-state index in [9.17, 15) is 4.79 Å². The van der Waals surface area contributed by atoms with Gasteiger partial charge in [-0.25, -0.2) is 4.98 Å². The lowest BCUT2D eigenvalue weighted by Crippen LogP contribution is -2.22. The highest BCUT2D eigenvalue weighted by Gasteiger charge is 2.18. The molecule has 0 aliphatic carbocycles. The van der Waals surface area contributed by atoms with Gasteiger partial charge in [0.1, 0.15) is 11.6 Å². The first-order valence-corrected chi connectivity index (χ1v) is 9.45. The Labute approximate surface area is 171 Å². The van der Waals surface area contributed by atoms with Gasteiger partial charge >= 0.3 is 0 Å². The van der Waals surface area contributed by atoms with Crippen LogP contribution in [0.1, 0.15) is 11.5 Å². The van der Waals surface area contributed by atoms with Gasteiger partial charge in [0.25, 0.3) is 11.3 Å². The predicted octanol–water partition coefficient (Wildman–Crippen LogP) is 2.87. The highest BCUT2D eigenvalue weighted by molar-refractivity contribution is 5.93. The summed E-state index contributed by atoms with van der Waals surface area (Å²) < 4.78 is 8.54. The molecule has 8 nitrogen and oxygen atoms in total. The van der Waals surface area contributed by atoms with E-state index in [1.54, 1.807) is 35.5 Å². The van der Waals surface area contributed by atoms with Gasteiger partial charge in [0, 0.05) is 18.0 Å². The Hall–Kier alpha value is -4.07. The molecule has 148 valence electrons. The van der Waals surface area contributed by atoms with Crippen molar-refractivity contribution in [2.45, 2.75) is 13.5 Å². The van der Waals surface area contributed by atoms with Crippen LogP contribution in [0.25, 0.3) is 27.9 Å². The topological polar surface area (TPSA) is 87.2 Å². The van der Waals surface area contributed by atoms with E-state index in [-0.39, 0.29) is 5.56 Å². The number of aryl methyl sites for hydroxylation is 1. The molecule has 0 spiro atoms. The second kappa shape index (κ2) is 7.07. The van der Waals surface area contributed by atoms with E-state index in [4.69, 9.17) is 4.74 Å². The van der Waals surface area contributed by atoms with Gasteiger partial charge in [-0.05, 0) is 49.4 Å². The van der Waals surface area contributed by atoms with Crippen molar-refractivity contribution in [1.29, 1.82) is 0 Å². The molecular formula is C22H18N6O2. The zero-order valence-corrected chi connectivity index (χ0v) is 16.5. The summed E-state index contributed by atoms with van der Waals surface area (Å²) in [6.07, 6.45) is 3.46. The van der Waals surface area contributed by atoms with Gasteiger partial charge in [0.05, 0.1) is 35.9 Å². The van der Waals surface area contributed by atoms with Crippen LogP contribution in [-0.4, -0.2) is 36.2 Å². The number of pyridine rings is 2. The van der Waals surface area contributed by atoms with Gasteiger partial charge in [0.2, 0.25) is 0 Å². The first-order chi connectivity index (χ1) is 14.6. The van der Waals surface area contributed by atoms with E-state index in [0.717, 1.165) is 17.0 Å². The quantitative estimate of drug-likeness (QED) is 0.463. The van der Waals surface area contributed by atoms with E-state index in [2.05, 4.69) is 20.1 Å². The molecule has 4 aromatic heterocycles. The van der Waals surface area contributed by atoms with Gasteiger partial charge in [-0.15, -0.1) is 5.10 Å². The molecule has 0 atom stereocenters. The zero-order chi connectivity index (χ0) is 20.7.